The second-order valence-corrected chi connectivity index (χ2v) is 8.53. The molecule has 1 saturated heterocycles. The van der Waals surface area contributed by atoms with Crippen LogP contribution >= 0.6 is 10.5 Å². The van der Waals surface area contributed by atoms with Crippen LogP contribution in [0.15, 0.2) is 0 Å². The smallest absolute Gasteiger partial charge is 0.0498 e. The molecule has 0 N–H and O–H groups in total. The van der Waals surface area contributed by atoms with Gasteiger partial charge in [-0.2, -0.15) is 10.5 Å². The van der Waals surface area contributed by atoms with Gasteiger partial charge in [-0.3, -0.25) is 0 Å². The van der Waals surface area contributed by atoms with Gasteiger partial charge in [-0.1, -0.05) is 12.3 Å². The fourth-order valence-electron chi connectivity index (χ4n) is 3.84. The van der Waals surface area contributed by atoms with E-state index in [4.69, 9.17) is 4.74 Å². The van der Waals surface area contributed by atoms with E-state index in [0.717, 1.165) is 36.9 Å². The predicted molar refractivity (Wildman–Crippen MR) is 76.9 cm³/mol. The Labute approximate surface area is 108 Å². The van der Waals surface area contributed by atoms with Gasteiger partial charge in [0.1, 0.15) is 0 Å². The third-order valence-electron chi connectivity index (χ3n) is 4.87. The minimum atomic E-state index is 0.654. The number of fused-ring (bicyclic) bond motifs is 1. The summed E-state index contributed by atoms with van der Waals surface area (Å²) in [6.45, 7) is 4.57. The van der Waals surface area contributed by atoms with Gasteiger partial charge >= 0.3 is 0 Å². The topological polar surface area (TPSA) is 9.23 Å². The first-order valence-corrected chi connectivity index (χ1v) is 9.01. The molecule has 5 atom stereocenters. The van der Waals surface area contributed by atoms with Crippen molar-refractivity contribution in [2.24, 2.45) is 23.7 Å². The van der Waals surface area contributed by atoms with Crippen LogP contribution in [0, 0.1) is 23.7 Å². The standard InChI is InChI=1S/C15H26OS/c1-12-3-2-6-17(10-12)11-13-4-5-14-8-16-9-15(14)7-13/h6,12-15H,2-5,7-11H2,1H3/t12?,13?,14-,15+,17?/m0/s1. The van der Waals surface area contributed by atoms with E-state index in [2.05, 4.69) is 12.3 Å². The van der Waals surface area contributed by atoms with Gasteiger partial charge in [-0.25, -0.2) is 0 Å². The number of hydrogen-bond donors (Lipinski definition) is 0. The normalized spacial score (nSPS) is 46.3. The molecular formula is C15H26OS. The van der Waals surface area contributed by atoms with E-state index in [9.17, 15) is 0 Å². The summed E-state index contributed by atoms with van der Waals surface area (Å²) < 4.78 is 5.64. The fourth-order valence-corrected chi connectivity index (χ4v) is 6.53. The van der Waals surface area contributed by atoms with Crippen LogP contribution in [0.3, 0.4) is 0 Å². The van der Waals surface area contributed by atoms with Crippen molar-refractivity contribution in [3.63, 3.8) is 0 Å². The maximum absolute atomic E-state index is 5.64. The SMILES string of the molecule is CC1CCC=S(CC2CC[C@H]3COC[C@H]3C2)C1. The largest absolute Gasteiger partial charge is 0.381 e. The van der Waals surface area contributed by atoms with Crippen LogP contribution < -0.4 is 0 Å². The molecule has 0 aromatic rings. The highest BCUT2D eigenvalue weighted by atomic mass is 32.2. The molecule has 2 heterocycles. The molecule has 1 nitrogen and oxygen atoms in total. The Morgan fingerprint density at radius 3 is 2.94 bits per heavy atom. The summed E-state index contributed by atoms with van der Waals surface area (Å²) in [5.74, 6) is 6.83. The van der Waals surface area contributed by atoms with Gasteiger partial charge in [0.2, 0.25) is 0 Å². The third-order valence-corrected chi connectivity index (χ3v) is 7.48. The van der Waals surface area contributed by atoms with Crippen LogP contribution in [0.5, 0.6) is 0 Å². The van der Waals surface area contributed by atoms with Crippen molar-refractivity contribution >= 4 is 15.9 Å². The van der Waals surface area contributed by atoms with Gasteiger partial charge in [0.25, 0.3) is 0 Å². The zero-order valence-corrected chi connectivity index (χ0v) is 11.9. The molecule has 0 spiro atoms. The Kier molecular flexibility index (Phi) is 3.91. The van der Waals surface area contributed by atoms with E-state index < -0.39 is 0 Å². The molecular weight excluding hydrogens is 228 g/mol. The van der Waals surface area contributed by atoms with Crippen molar-refractivity contribution in [3.05, 3.63) is 0 Å². The summed E-state index contributed by atoms with van der Waals surface area (Å²) in [7, 11) is 0.654. The van der Waals surface area contributed by atoms with Crippen molar-refractivity contribution in [2.45, 2.75) is 39.0 Å². The Balaban J connectivity index is 1.53. The molecule has 2 heteroatoms. The van der Waals surface area contributed by atoms with Crippen LogP contribution in [0.2, 0.25) is 0 Å². The molecule has 3 rings (SSSR count). The molecule has 1 saturated carbocycles. The van der Waals surface area contributed by atoms with Gasteiger partial charge in [0, 0.05) is 13.2 Å². The monoisotopic (exact) mass is 254 g/mol. The number of ether oxygens (including phenoxy) is 1. The Hall–Kier alpha value is 0.180. The van der Waals surface area contributed by atoms with Crippen molar-refractivity contribution in [3.8, 4) is 0 Å². The highest BCUT2D eigenvalue weighted by molar-refractivity contribution is 8.15. The average Bonchev–Trinajstić information content (AvgIpc) is 2.76. The highest BCUT2D eigenvalue weighted by Crippen LogP contribution is 2.40. The molecule has 3 unspecified atom stereocenters. The van der Waals surface area contributed by atoms with E-state index in [1.54, 1.807) is 0 Å². The van der Waals surface area contributed by atoms with Gasteiger partial charge in [-0.15, -0.1) is 0 Å². The molecule has 2 aliphatic heterocycles. The second-order valence-electron chi connectivity index (χ2n) is 6.46. The summed E-state index contributed by atoms with van der Waals surface area (Å²) in [6.07, 6.45) is 7.22. The predicted octanol–water partition coefficient (Wildman–Crippen LogP) is 3.55. The van der Waals surface area contributed by atoms with Crippen molar-refractivity contribution < 1.29 is 4.74 Å². The van der Waals surface area contributed by atoms with Gasteiger partial charge in [0.15, 0.2) is 0 Å². The molecule has 0 amide bonds. The lowest BCUT2D eigenvalue weighted by molar-refractivity contribution is 0.180. The van der Waals surface area contributed by atoms with E-state index in [1.165, 1.54) is 43.6 Å². The molecule has 2 fully saturated rings. The van der Waals surface area contributed by atoms with Crippen molar-refractivity contribution in [1.82, 2.24) is 0 Å². The summed E-state index contributed by atoms with van der Waals surface area (Å²) in [5.41, 5.74) is 0. The van der Waals surface area contributed by atoms with Crippen LogP contribution in [-0.4, -0.2) is 30.1 Å². The molecule has 0 aromatic heterocycles. The summed E-state index contributed by atoms with van der Waals surface area (Å²) in [4.78, 5) is 0. The minimum Gasteiger partial charge on any atom is -0.381 e. The number of rotatable bonds is 2. The lowest BCUT2D eigenvalue weighted by Gasteiger charge is -2.32. The molecule has 0 bridgehead atoms. The first kappa shape index (κ1) is 12.2. The van der Waals surface area contributed by atoms with Crippen molar-refractivity contribution in [2.75, 3.05) is 24.7 Å². The first-order valence-electron chi connectivity index (χ1n) is 7.38. The van der Waals surface area contributed by atoms with Gasteiger partial charge in [0.05, 0.1) is 0 Å². The summed E-state index contributed by atoms with van der Waals surface area (Å²) in [5, 5.41) is 2.65. The lowest BCUT2D eigenvalue weighted by Crippen LogP contribution is -2.25. The van der Waals surface area contributed by atoms with E-state index in [-0.39, 0.29) is 0 Å². The number of hydrogen-bond acceptors (Lipinski definition) is 1. The molecule has 0 radical (unpaired) electrons. The lowest BCUT2D eigenvalue weighted by atomic mass is 9.77. The average molecular weight is 254 g/mol. The Morgan fingerprint density at radius 1 is 1.18 bits per heavy atom. The molecule has 1 aliphatic carbocycles. The molecule has 17 heavy (non-hydrogen) atoms. The zero-order valence-electron chi connectivity index (χ0n) is 11.1. The Morgan fingerprint density at radius 2 is 2.06 bits per heavy atom. The summed E-state index contributed by atoms with van der Waals surface area (Å²) in [6, 6.07) is 0. The Bertz CT molecular complexity index is 299. The maximum Gasteiger partial charge on any atom is 0.0498 e. The van der Waals surface area contributed by atoms with Crippen LogP contribution in [-0.2, 0) is 4.74 Å². The summed E-state index contributed by atoms with van der Waals surface area (Å²) >= 11 is 0. The molecule has 98 valence electrons. The fraction of sp³-hybridized carbons (Fsp3) is 0.933. The van der Waals surface area contributed by atoms with Gasteiger partial charge < -0.3 is 4.74 Å². The van der Waals surface area contributed by atoms with Gasteiger partial charge in [-0.05, 0) is 67.3 Å². The second kappa shape index (κ2) is 5.44. The van der Waals surface area contributed by atoms with E-state index >= 15 is 0 Å². The highest BCUT2D eigenvalue weighted by Gasteiger charge is 2.34. The third kappa shape index (κ3) is 2.96. The first-order chi connectivity index (χ1) is 8.31. The van der Waals surface area contributed by atoms with Crippen molar-refractivity contribution in [1.29, 1.82) is 0 Å². The van der Waals surface area contributed by atoms with E-state index in [1.807, 2.05) is 0 Å². The quantitative estimate of drug-likeness (QED) is 0.685. The molecule has 3 aliphatic rings. The van der Waals surface area contributed by atoms with Crippen LogP contribution in [0.4, 0.5) is 0 Å². The maximum atomic E-state index is 5.64. The van der Waals surface area contributed by atoms with E-state index in [0.29, 0.717) is 10.5 Å². The van der Waals surface area contributed by atoms with Crippen LogP contribution in [0.25, 0.3) is 0 Å². The van der Waals surface area contributed by atoms with Crippen LogP contribution in [0.1, 0.15) is 39.0 Å². The molecule has 0 aromatic carbocycles. The zero-order chi connectivity index (χ0) is 11.7. The minimum absolute atomic E-state index is 0.654.